The Bertz CT molecular complexity index is 1040. The molecule has 134 valence electrons. The van der Waals surface area contributed by atoms with Crippen LogP contribution < -0.4 is 10.3 Å². The third kappa shape index (κ3) is 3.63. The number of carbonyl (C=O) groups excluding carboxylic acids is 1. The van der Waals surface area contributed by atoms with E-state index in [1.165, 1.54) is 16.8 Å². The molecule has 1 heterocycles. The van der Waals surface area contributed by atoms with Crippen LogP contribution in [-0.4, -0.2) is 10.5 Å². The molecule has 4 nitrogen and oxygen atoms in total. The second kappa shape index (κ2) is 7.30. The molecule has 0 fully saturated rings. The van der Waals surface area contributed by atoms with E-state index in [1.807, 2.05) is 13.8 Å². The van der Waals surface area contributed by atoms with Crippen molar-refractivity contribution in [3.05, 3.63) is 75.4 Å². The van der Waals surface area contributed by atoms with Crippen LogP contribution in [0.15, 0.2) is 53.5 Å². The summed E-state index contributed by atoms with van der Waals surface area (Å²) in [4.78, 5) is 25.4. The zero-order chi connectivity index (χ0) is 18.8. The van der Waals surface area contributed by atoms with E-state index >= 15 is 0 Å². The van der Waals surface area contributed by atoms with Crippen molar-refractivity contribution in [3.63, 3.8) is 0 Å². The molecule has 6 heteroatoms. The molecule has 0 bridgehead atoms. The predicted molar refractivity (Wildman–Crippen MR) is 99.4 cm³/mol. The molecule has 3 aromatic rings. The number of benzene rings is 2. The first-order valence-electron chi connectivity index (χ1n) is 8.16. The van der Waals surface area contributed by atoms with E-state index in [2.05, 4.69) is 0 Å². The molecule has 0 aliphatic carbocycles. The fraction of sp³-hybridized carbons (Fsp3) is 0.200. The number of fused-ring (bicyclic) bond motifs is 1. The number of hydrogen-bond acceptors (Lipinski definition) is 3. The summed E-state index contributed by atoms with van der Waals surface area (Å²) >= 11 is 5.93. The Kier molecular flexibility index (Phi) is 5.09. The average Bonchev–Trinajstić information content (AvgIpc) is 2.59. The summed E-state index contributed by atoms with van der Waals surface area (Å²) in [5.74, 6) is -0.897. The minimum Gasteiger partial charge on any atom is -0.421 e. The van der Waals surface area contributed by atoms with E-state index in [0.717, 1.165) is 12.1 Å². The number of halogens is 2. The highest BCUT2D eigenvalue weighted by atomic mass is 35.5. The van der Waals surface area contributed by atoms with Gasteiger partial charge in [-0.05, 0) is 30.2 Å². The van der Waals surface area contributed by atoms with E-state index in [-0.39, 0.29) is 27.8 Å². The number of hydrogen-bond donors (Lipinski definition) is 0. The summed E-state index contributed by atoms with van der Waals surface area (Å²) in [7, 11) is 0. The van der Waals surface area contributed by atoms with Crippen molar-refractivity contribution >= 4 is 28.3 Å². The van der Waals surface area contributed by atoms with Crippen LogP contribution in [0.2, 0.25) is 5.02 Å². The molecule has 0 atom stereocenters. The molecule has 0 unspecified atom stereocenters. The lowest BCUT2D eigenvalue weighted by atomic mass is 10.1. The van der Waals surface area contributed by atoms with Crippen LogP contribution in [0, 0.1) is 11.7 Å². The monoisotopic (exact) mass is 373 g/mol. The number of carbonyl (C=O) groups is 1. The topological polar surface area (TPSA) is 48.3 Å². The van der Waals surface area contributed by atoms with E-state index < -0.39 is 11.8 Å². The van der Waals surface area contributed by atoms with Crippen molar-refractivity contribution in [1.29, 1.82) is 0 Å². The molecule has 2 aromatic carbocycles. The molecule has 0 N–H and O–H groups in total. The molecule has 0 amide bonds. The van der Waals surface area contributed by atoms with Crippen molar-refractivity contribution in [2.75, 3.05) is 0 Å². The standard InChI is InChI=1S/C20H17ClFNO3/c1-12(2)10-23-11-16(14-5-3-4-6-15(14)19(23)24)20(25)26-18-8-7-13(22)9-17(18)21/h3-9,11-12H,10H2,1-2H3. The molecule has 0 aliphatic heterocycles. The highest BCUT2D eigenvalue weighted by molar-refractivity contribution is 6.32. The summed E-state index contributed by atoms with van der Waals surface area (Å²) in [5.41, 5.74) is 0.0897. The molecule has 3 rings (SSSR count). The van der Waals surface area contributed by atoms with Crippen molar-refractivity contribution in [3.8, 4) is 5.75 Å². The van der Waals surface area contributed by atoms with Crippen LogP contribution >= 0.6 is 11.6 Å². The molecule has 0 saturated carbocycles. The molecule has 0 aliphatic rings. The number of pyridine rings is 1. The third-order valence-corrected chi connectivity index (χ3v) is 4.17. The Morgan fingerprint density at radius 3 is 2.54 bits per heavy atom. The first kappa shape index (κ1) is 18.1. The Hall–Kier alpha value is -2.66. The zero-order valence-electron chi connectivity index (χ0n) is 14.3. The van der Waals surface area contributed by atoms with E-state index in [4.69, 9.17) is 16.3 Å². The number of esters is 1. The minimum absolute atomic E-state index is 0.00171. The van der Waals surface area contributed by atoms with Gasteiger partial charge >= 0.3 is 5.97 Å². The quantitative estimate of drug-likeness (QED) is 0.493. The summed E-state index contributed by atoms with van der Waals surface area (Å²) in [5, 5.41) is 0.937. The van der Waals surface area contributed by atoms with Crippen LogP contribution in [-0.2, 0) is 6.54 Å². The van der Waals surface area contributed by atoms with Gasteiger partial charge in [-0.2, -0.15) is 0 Å². The molecule has 0 spiro atoms. The Balaban J connectivity index is 2.09. The van der Waals surface area contributed by atoms with E-state index in [1.54, 1.807) is 24.3 Å². The Morgan fingerprint density at radius 2 is 1.88 bits per heavy atom. The van der Waals surface area contributed by atoms with E-state index in [9.17, 15) is 14.0 Å². The van der Waals surface area contributed by atoms with Crippen LogP contribution in [0.25, 0.3) is 10.8 Å². The van der Waals surface area contributed by atoms with Gasteiger partial charge in [0.2, 0.25) is 0 Å². The molecule has 0 saturated heterocycles. The normalized spacial score (nSPS) is 11.1. The molecule has 26 heavy (non-hydrogen) atoms. The number of rotatable bonds is 4. The molecule has 0 radical (unpaired) electrons. The SMILES string of the molecule is CC(C)Cn1cc(C(=O)Oc2ccc(F)cc2Cl)c2ccccc2c1=O. The summed E-state index contributed by atoms with van der Waals surface area (Å²) in [6.07, 6.45) is 1.50. The lowest BCUT2D eigenvalue weighted by Gasteiger charge is -2.14. The van der Waals surface area contributed by atoms with Gasteiger partial charge in [-0.3, -0.25) is 4.79 Å². The van der Waals surface area contributed by atoms with Gasteiger partial charge < -0.3 is 9.30 Å². The second-order valence-corrected chi connectivity index (χ2v) is 6.81. The van der Waals surface area contributed by atoms with Gasteiger partial charge in [0, 0.05) is 23.5 Å². The van der Waals surface area contributed by atoms with Crippen LogP contribution in [0.4, 0.5) is 4.39 Å². The fourth-order valence-electron chi connectivity index (χ4n) is 2.75. The fourth-order valence-corrected chi connectivity index (χ4v) is 2.95. The predicted octanol–water partition coefficient (Wildman–Crippen LogP) is 4.67. The highest BCUT2D eigenvalue weighted by Gasteiger charge is 2.18. The second-order valence-electron chi connectivity index (χ2n) is 6.40. The van der Waals surface area contributed by atoms with Gasteiger partial charge in [0.1, 0.15) is 11.6 Å². The average molecular weight is 374 g/mol. The van der Waals surface area contributed by atoms with Gasteiger partial charge in [0.05, 0.1) is 10.6 Å². The van der Waals surface area contributed by atoms with Gasteiger partial charge in [-0.25, -0.2) is 9.18 Å². The molecular formula is C20H17ClFNO3. The zero-order valence-corrected chi connectivity index (χ0v) is 15.1. The van der Waals surface area contributed by atoms with Gasteiger partial charge in [0.25, 0.3) is 5.56 Å². The number of nitrogens with zero attached hydrogens (tertiary/aromatic N) is 1. The highest BCUT2D eigenvalue weighted by Crippen LogP contribution is 2.26. The smallest absolute Gasteiger partial charge is 0.345 e. The lowest BCUT2D eigenvalue weighted by molar-refractivity contribution is 0.0735. The molecular weight excluding hydrogens is 357 g/mol. The lowest BCUT2D eigenvalue weighted by Crippen LogP contribution is -2.25. The van der Waals surface area contributed by atoms with Gasteiger partial charge in [-0.1, -0.05) is 43.6 Å². The van der Waals surface area contributed by atoms with Crippen molar-refractivity contribution < 1.29 is 13.9 Å². The van der Waals surface area contributed by atoms with Crippen molar-refractivity contribution in [1.82, 2.24) is 4.57 Å². The number of aromatic nitrogens is 1. The minimum atomic E-state index is -0.660. The van der Waals surface area contributed by atoms with Gasteiger partial charge in [0.15, 0.2) is 0 Å². The van der Waals surface area contributed by atoms with Crippen molar-refractivity contribution in [2.45, 2.75) is 20.4 Å². The first-order valence-corrected chi connectivity index (χ1v) is 8.54. The maximum atomic E-state index is 13.2. The largest absolute Gasteiger partial charge is 0.421 e. The van der Waals surface area contributed by atoms with Gasteiger partial charge in [-0.15, -0.1) is 0 Å². The van der Waals surface area contributed by atoms with E-state index in [0.29, 0.717) is 17.3 Å². The summed E-state index contributed by atoms with van der Waals surface area (Å²) in [6, 6.07) is 10.4. The third-order valence-electron chi connectivity index (χ3n) is 3.87. The Morgan fingerprint density at radius 1 is 1.19 bits per heavy atom. The van der Waals surface area contributed by atoms with Crippen LogP contribution in [0.1, 0.15) is 24.2 Å². The van der Waals surface area contributed by atoms with Crippen LogP contribution in [0.5, 0.6) is 5.75 Å². The maximum Gasteiger partial charge on any atom is 0.345 e. The Labute approximate surface area is 154 Å². The first-order chi connectivity index (χ1) is 12.4. The maximum absolute atomic E-state index is 13.2. The molecule has 1 aromatic heterocycles. The van der Waals surface area contributed by atoms with Crippen molar-refractivity contribution in [2.24, 2.45) is 5.92 Å². The summed E-state index contributed by atoms with van der Waals surface area (Å²) < 4.78 is 20.0. The number of ether oxygens (including phenoxy) is 1. The van der Waals surface area contributed by atoms with Crippen LogP contribution in [0.3, 0.4) is 0 Å². The summed E-state index contributed by atoms with van der Waals surface area (Å²) in [6.45, 7) is 4.44.